The van der Waals surface area contributed by atoms with Crippen molar-refractivity contribution in [1.29, 1.82) is 0 Å². The van der Waals surface area contributed by atoms with Gasteiger partial charge in [-0.3, -0.25) is 5.26 Å². The van der Waals surface area contributed by atoms with E-state index in [2.05, 4.69) is 13.8 Å². The summed E-state index contributed by atoms with van der Waals surface area (Å²) in [5, 5.41) is 21.3. The summed E-state index contributed by atoms with van der Waals surface area (Å²) < 4.78 is 72.5. The topological polar surface area (TPSA) is 114 Å². The largest absolute Gasteiger partial charge is 0.456 e. The van der Waals surface area contributed by atoms with Crippen LogP contribution in [0, 0.1) is 41.4 Å². The van der Waals surface area contributed by atoms with E-state index in [-0.39, 0.29) is 61.8 Å². The molecule has 4 saturated heterocycles. The summed E-state index contributed by atoms with van der Waals surface area (Å²) in [5.74, 6) is -3.10. The van der Waals surface area contributed by atoms with Gasteiger partial charge in [-0.15, -0.1) is 0 Å². The van der Waals surface area contributed by atoms with Gasteiger partial charge in [-0.1, -0.05) is 20.8 Å². The molecule has 2 saturated carbocycles. The third-order valence-electron chi connectivity index (χ3n) is 12.3. The van der Waals surface area contributed by atoms with Gasteiger partial charge in [-0.2, -0.15) is 13.2 Å². The van der Waals surface area contributed by atoms with Crippen molar-refractivity contribution >= 4 is 0 Å². The smallest absolute Gasteiger partial charge is 0.449 e. The van der Waals surface area contributed by atoms with Crippen LogP contribution in [0.2, 0.25) is 0 Å². The van der Waals surface area contributed by atoms with Crippen molar-refractivity contribution in [2.75, 3.05) is 26.4 Å². The molecule has 10 nitrogen and oxygen atoms in total. The molecule has 0 aromatic rings. The maximum absolute atomic E-state index is 14.4. The van der Waals surface area contributed by atoms with Crippen LogP contribution < -0.4 is 0 Å². The second-order valence-corrected chi connectivity index (χ2v) is 15.0. The highest BCUT2D eigenvalue weighted by Crippen LogP contribution is 2.61. The van der Waals surface area contributed by atoms with Gasteiger partial charge in [-0.25, -0.2) is 14.7 Å². The predicted molar refractivity (Wildman–Crippen MR) is 155 cm³/mol. The lowest BCUT2D eigenvalue weighted by molar-refractivity contribution is -0.557. The quantitative estimate of drug-likeness (QED) is 0.129. The van der Waals surface area contributed by atoms with Crippen LogP contribution in [-0.4, -0.2) is 78.6 Å². The molecular formula is C33H51F3O10. The third-order valence-corrected chi connectivity index (χ3v) is 12.3. The van der Waals surface area contributed by atoms with Gasteiger partial charge in [0, 0.05) is 35.7 Å². The maximum Gasteiger partial charge on any atom is 0.449 e. The molecule has 0 aromatic heterocycles. The van der Waals surface area contributed by atoms with Gasteiger partial charge >= 0.3 is 6.18 Å². The summed E-state index contributed by atoms with van der Waals surface area (Å²) in [6, 6.07) is 0. The molecule has 0 radical (unpaired) electrons. The summed E-state index contributed by atoms with van der Waals surface area (Å²) in [5.41, 5.74) is -2.18. The zero-order valence-electron chi connectivity index (χ0n) is 27.6. The first-order chi connectivity index (χ1) is 21.8. The number of ether oxygens (including phenoxy) is 5. The standard InChI is InChI=1S/C33H51F3O10/c1-18-6-9-25(31(44-38)17-41-20(3)8-11-23(18)31)21(4)28(37)40-15-14-39-16-22-26-10-7-19(2)24-12-13-30(5)43-29(32(24,26)46-45-30)42-27(22)33(34,35)36/h18-21,23-26,28-29,37-38H,6-17H2,1-5H3. The fraction of sp³-hybridized carbons (Fsp3) is 0.939. The number of hydrogen-bond donors (Lipinski definition) is 2. The van der Waals surface area contributed by atoms with Crippen molar-refractivity contribution in [3.8, 4) is 0 Å². The van der Waals surface area contributed by atoms with Crippen molar-refractivity contribution < 1.29 is 61.9 Å². The van der Waals surface area contributed by atoms with Gasteiger partial charge in [0.25, 0.3) is 0 Å². The Bertz CT molecular complexity index is 1120. The summed E-state index contributed by atoms with van der Waals surface area (Å²) in [4.78, 5) is 17.0. The second kappa shape index (κ2) is 13.0. The number of aliphatic hydroxyl groups excluding tert-OH is 1. The Morgan fingerprint density at radius 3 is 2.43 bits per heavy atom. The van der Waals surface area contributed by atoms with E-state index >= 15 is 0 Å². The van der Waals surface area contributed by atoms with Crippen molar-refractivity contribution in [1.82, 2.24) is 0 Å². The van der Waals surface area contributed by atoms with Crippen LogP contribution in [0.3, 0.4) is 0 Å². The molecule has 6 fully saturated rings. The van der Waals surface area contributed by atoms with Crippen LogP contribution >= 0.6 is 0 Å². The number of fused-ring (bicyclic) bond motifs is 3. The Morgan fingerprint density at radius 2 is 1.70 bits per heavy atom. The molecule has 13 heteroatoms. The molecule has 2 bridgehead atoms. The van der Waals surface area contributed by atoms with Crippen LogP contribution in [0.15, 0.2) is 11.3 Å². The van der Waals surface area contributed by atoms with Gasteiger partial charge in [-0.05, 0) is 76.5 Å². The highest BCUT2D eigenvalue weighted by atomic mass is 19.4. The molecule has 13 atom stereocenters. The monoisotopic (exact) mass is 664 g/mol. The molecule has 2 aliphatic carbocycles. The van der Waals surface area contributed by atoms with Crippen LogP contribution in [0.25, 0.3) is 0 Å². The summed E-state index contributed by atoms with van der Waals surface area (Å²) in [6.45, 7) is 9.57. The Balaban J connectivity index is 1.11. The van der Waals surface area contributed by atoms with E-state index in [1.807, 2.05) is 13.8 Å². The van der Waals surface area contributed by atoms with Crippen molar-refractivity contribution in [3.63, 3.8) is 0 Å². The Kier molecular flexibility index (Phi) is 9.85. The molecule has 264 valence electrons. The van der Waals surface area contributed by atoms with E-state index in [1.54, 1.807) is 6.92 Å². The SMILES string of the molecule is CC1CCC2C(C)CCC(C(C)C(O)OCCOCC3=C(C(F)(F)F)OC4OC5(C)CCC6C(C)CCC3C46OO5)C2(OO)CO1. The summed E-state index contributed by atoms with van der Waals surface area (Å²) >= 11 is 0. The molecular weight excluding hydrogens is 613 g/mol. The summed E-state index contributed by atoms with van der Waals surface area (Å²) in [7, 11) is 0. The summed E-state index contributed by atoms with van der Waals surface area (Å²) in [6.07, 6.45) is -1.45. The van der Waals surface area contributed by atoms with E-state index in [0.717, 1.165) is 32.1 Å². The predicted octanol–water partition coefficient (Wildman–Crippen LogP) is 6.13. The lowest BCUT2D eigenvalue weighted by Crippen LogP contribution is -2.67. The first-order valence-corrected chi connectivity index (χ1v) is 17.1. The first kappa shape index (κ1) is 34.8. The van der Waals surface area contributed by atoms with Crippen LogP contribution in [0.1, 0.15) is 86.0 Å². The van der Waals surface area contributed by atoms with Crippen molar-refractivity contribution in [2.45, 2.75) is 128 Å². The molecule has 7 rings (SSSR count). The maximum atomic E-state index is 14.4. The Morgan fingerprint density at radius 1 is 0.957 bits per heavy atom. The van der Waals surface area contributed by atoms with E-state index in [0.29, 0.717) is 25.2 Å². The number of alkyl halides is 3. The van der Waals surface area contributed by atoms with E-state index in [1.165, 1.54) is 0 Å². The lowest BCUT2D eigenvalue weighted by Gasteiger charge is -2.57. The number of aliphatic hydroxyl groups is 1. The number of rotatable bonds is 9. The van der Waals surface area contributed by atoms with E-state index < -0.39 is 53.3 Å². The van der Waals surface area contributed by atoms with Gasteiger partial charge in [0.05, 0.1) is 32.5 Å². The molecule has 0 aromatic carbocycles. The minimum atomic E-state index is -4.75. The fourth-order valence-corrected chi connectivity index (χ4v) is 9.69. The highest BCUT2D eigenvalue weighted by Gasteiger charge is 2.70. The van der Waals surface area contributed by atoms with Gasteiger partial charge in [0.2, 0.25) is 17.8 Å². The Labute approximate surface area is 269 Å². The number of allylic oxidation sites excluding steroid dienone is 1. The van der Waals surface area contributed by atoms with E-state index in [4.69, 9.17) is 38.3 Å². The molecule has 0 amide bonds. The average molecular weight is 665 g/mol. The lowest BCUT2D eigenvalue weighted by atomic mass is 9.59. The first-order valence-electron chi connectivity index (χ1n) is 17.1. The van der Waals surface area contributed by atoms with Crippen molar-refractivity contribution in [2.24, 2.45) is 41.4 Å². The van der Waals surface area contributed by atoms with Crippen LogP contribution in [-0.2, 0) is 38.3 Å². The van der Waals surface area contributed by atoms with Gasteiger partial charge in [0.1, 0.15) is 5.60 Å². The molecule has 13 unspecified atom stereocenters. The highest BCUT2D eigenvalue weighted by molar-refractivity contribution is 5.28. The second-order valence-electron chi connectivity index (χ2n) is 15.0. The molecule has 46 heavy (non-hydrogen) atoms. The third kappa shape index (κ3) is 5.93. The fourth-order valence-electron chi connectivity index (χ4n) is 9.69. The van der Waals surface area contributed by atoms with Gasteiger partial charge in [0.15, 0.2) is 11.9 Å². The number of halogens is 3. The molecule has 1 spiro atoms. The zero-order valence-corrected chi connectivity index (χ0v) is 27.6. The molecule has 5 heterocycles. The average Bonchev–Trinajstić information content (AvgIpc) is 3.35. The molecule has 2 N–H and O–H groups in total. The van der Waals surface area contributed by atoms with E-state index in [9.17, 15) is 23.5 Å². The molecule has 7 aliphatic rings. The molecule has 5 aliphatic heterocycles. The minimum Gasteiger partial charge on any atom is -0.456 e. The number of hydrogen-bond acceptors (Lipinski definition) is 10. The zero-order chi connectivity index (χ0) is 33.1. The Hall–Kier alpha value is -1.03. The van der Waals surface area contributed by atoms with Crippen LogP contribution in [0.4, 0.5) is 13.2 Å². The van der Waals surface area contributed by atoms with Crippen LogP contribution in [0.5, 0.6) is 0 Å². The van der Waals surface area contributed by atoms with Crippen molar-refractivity contribution in [3.05, 3.63) is 11.3 Å². The van der Waals surface area contributed by atoms with Gasteiger partial charge < -0.3 is 28.8 Å². The minimum absolute atomic E-state index is 0.0146. The normalized spacial score (nSPS) is 45.6.